The standard InChI is InChI=1S/C19H16F2N2O4/c1-27-19(26)13-8-16(15(21)9-14(13)20)22-17(24)18(25)23-7-6-11-4-2-3-5-12(11)10-23/h2-5,8-9H,6-7,10H2,1H3,(H,22,24). The number of hydrogen-bond donors (Lipinski definition) is 1. The third-order valence-corrected chi connectivity index (χ3v) is 4.32. The van der Waals surface area contributed by atoms with Gasteiger partial charge in [-0.05, 0) is 23.6 Å². The first-order chi connectivity index (χ1) is 12.9. The topological polar surface area (TPSA) is 75.7 Å². The summed E-state index contributed by atoms with van der Waals surface area (Å²) in [6, 6.07) is 8.82. The van der Waals surface area contributed by atoms with E-state index in [1.54, 1.807) is 0 Å². The van der Waals surface area contributed by atoms with Gasteiger partial charge in [0.2, 0.25) is 0 Å². The van der Waals surface area contributed by atoms with Gasteiger partial charge in [-0.25, -0.2) is 13.6 Å². The molecule has 1 aliphatic rings. The largest absolute Gasteiger partial charge is 0.465 e. The van der Waals surface area contributed by atoms with E-state index in [0.29, 0.717) is 19.0 Å². The normalized spacial score (nSPS) is 12.9. The van der Waals surface area contributed by atoms with Crippen LogP contribution in [0.15, 0.2) is 36.4 Å². The Morgan fingerprint density at radius 1 is 1.07 bits per heavy atom. The summed E-state index contributed by atoms with van der Waals surface area (Å²) in [5.74, 6) is -5.17. The van der Waals surface area contributed by atoms with Crippen LogP contribution in [0.4, 0.5) is 14.5 Å². The Bertz CT molecular complexity index is 930. The van der Waals surface area contributed by atoms with Crippen molar-refractivity contribution < 1.29 is 27.9 Å². The van der Waals surface area contributed by atoms with Crippen molar-refractivity contribution in [2.24, 2.45) is 0 Å². The number of methoxy groups -OCH3 is 1. The van der Waals surface area contributed by atoms with Crippen molar-refractivity contribution in [2.45, 2.75) is 13.0 Å². The first-order valence-electron chi connectivity index (χ1n) is 8.15. The van der Waals surface area contributed by atoms with E-state index in [0.717, 1.165) is 24.3 Å². The van der Waals surface area contributed by atoms with Crippen LogP contribution in [0.5, 0.6) is 0 Å². The van der Waals surface area contributed by atoms with E-state index in [1.807, 2.05) is 24.3 Å². The second kappa shape index (κ2) is 7.53. The fourth-order valence-electron chi connectivity index (χ4n) is 2.90. The van der Waals surface area contributed by atoms with Gasteiger partial charge < -0.3 is 15.0 Å². The summed E-state index contributed by atoms with van der Waals surface area (Å²) in [5, 5.41) is 2.10. The van der Waals surface area contributed by atoms with E-state index in [-0.39, 0.29) is 6.54 Å². The number of carbonyl (C=O) groups is 3. The number of fused-ring (bicyclic) bond motifs is 1. The molecule has 2 amide bonds. The number of benzene rings is 2. The van der Waals surface area contributed by atoms with Crippen LogP contribution in [0, 0.1) is 11.6 Å². The number of anilines is 1. The summed E-state index contributed by atoms with van der Waals surface area (Å²) in [4.78, 5) is 37.5. The van der Waals surface area contributed by atoms with Gasteiger partial charge in [0.25, 0.3) is 0 Å². The van der Waals surface area contributed by atoms with E-state index < -0.39 is 40.7 Å². The number of halogens is 2. The maximum Gasteiger partial charge on any atom is 0.340 e. The summed E-state index contributed by atoms with van der Waals surface area (Å²) in [6.45, 7) is 0.615. The van der Waals surface area contributed by atoms with Gasteiger partial charge in [-0.3, -0.25) is 9.59 Å². The first-order valence-corrected chi connectivity index (χ1v) is 8.15. The van der Waals surface area contributed by atoms with Gasteiger partial charge in [-0.2, -0.15) is 0 Å². The van der Waals surface area contributed by atoms with Gasteiger partial charge in [0.1, 0.15) is 11.6 Å². The highest BCUT2D eigenvalue weighted by atomic mass is 19.1. The van der Waals surface area contributed by atoms with Crippen molar-refractivity contribution in [1.29, 1.82) is 0 Å². The average Bonchev–Trinajstić information content (AvgIpc) is 2.68. The highest BCUT2D eigenvalue weighted by Crippen LogP contribution is 2.22. The molecule has 27 heavy (non-hydrogen) atoms. The van der Waals surface area contributed by atoms with E-state index in [9.17, 15) is 23.2 Å². The number of rotatable bonds is 2. The van der Waals surface area contributed by atoms with Crippen molar-refractivity contribution in [3.05, 3.63) is 64.7 Å². The second-order valence-electron chi connectivity index (χ2n) is 6.00. The SMILES string of the molecule is COC(=O)c1cc(NC(=O)C(=O)N2CCc3ccccc3C2)c(F)cc1F. The predicted molar refractivity (Wildman–Crippen MR) is 91.9 cm³/mol. The van der Waals surface area contributed by atoms with Gasteiger partial charge in [0.05, 0.1) is 18.4 Å². The summed E-state index contributed by atoms with van der Waals surface area (Å²) >= 11 is 0. The number of nitrogens with zero attached hydrogens (tertiary/aromatic N) is 1. The van der Waals surface area contributed by atoms with Crippen LogP contribution >= 0.6 is 0 Å². The van der Waals surface area contributed by atoms with Gasteiger partial charge in [-0.1, -0.05) is 24.3 Å². The highest BCUT2D eigenvalue weighted by molar-refractivity contribution is 6.39. The molecule has 0 saturated carbocycles. The fourth-order valence-corrected chi connectivity index (χ4v) is 2.90. The van der Waals surface area contributed by atoms with Crippen LogP contribution in [-0.2, 0) is 27.3 Å². The lowest BCUT2D eigenvalue weighted by molar-refractivity contribution is -0.143. The van der Waals surface area contributed by atoms with E-state index in [1.165, 1.54) is 4.90 Å². The molecule has 0 atom stereocenters. The smallest absolute Gasteiger partial charge is 0.340 e. The predicted octanol–water partition coefficient (Wildman–Crippen LogP) is 2.27. The minimum absolute atomic E-state index is 0.266. The van der Waals surface area contributed by atoms with Crippen LogP contribution < -0.4 is 5.32 Å². The van der Waals surface area contributed by atoms with Crippen molar-refractivity contribution >= 4 is 23.5 Å². The maximum atomic E-state index is 13.9. The molecular formula is C19H16F2N2O4. The molecule has 8 heteroatoms. The molecule has 0 radical (unpaired) electrons. The Balaban J connectivity index is 1.76. The van der Waals surface area contributed by atoms with Crippen LogP contribution in [0.1, 0.15) is 21.5 Å². The number of ether oxygens (including phenoxy) is 1. The molecule has 0 aliphatic carbocycles. The fraction of sp³-hybridized carbons (Fsp3) is 0.211. The number of carbonyl (C=O) groups excluding carboxylic acids is 3. The summed E-state index contributed by atoms with van der Waals surface area (Å²) in [7, 11) is 1.04. The molecule has 0 fully saturated rings. The zero-order valence-electron chi connectivity index (χ0n) is 14.4. The second-order valence-corrected chi connectivity index (χ2v) is 6.00. The molecule has 1 aliphatic heterocycles. The Morgan fingerprint density at radius 3 is 2.48 bits per heavy atom. The summed E-state index contributed by atoms with van der Waals surface area (Å²) in [5.41, 5.74) is 1.02. The van der Waals surface area contributed by atoms with Gasteiger partial charge >= 0.3 is 17.8 Å². The highest BCUT2D eigenvalue weighted by Gasteiger charge is 2.27. The molecule has 0 spiro atoms. The van der Waals surface area contributed by atoms with Crippen LogP contribution in [0.2, 0.25) is 0 Å². The van der Waals surface area contributed by atoms with Crippen LogP contribution in [-0.4, -0.2) is 36.3 Å². The quantitative estimate of drug-likeness (QED) is 0.646. The average molecular weight is 374 g/mol. The zero-order chi connectivity index (χ0) is 19.6. The van der Waals surface area contributed by atoms with Crippen molar-refractivity contribution in [3.8, 4) is 0 Å². The number of nitrogens with one attached hydrogen (secondary N) is 1. The van der Waals surface area contributed by atoms with E-state index >= 15 is 0 Å². The molecule has 6 nitrogen and oxygen atoms in total. The summed E-state index contributed by atoms with van der Waals surface area (Å²) < 4.78 is 32.0. The minimum atomic E-state index is -1.13. The number of hydrogen-bond acceptors (Lipinski definition) is 4. The maximum absolute atomic E-state index is 13.9. The molecule has 3 rings (SSSR count). The Kier molecular flexibility index (Phi) is 5.16. The molecule has 2 aromatic rings. The molecule has 1 N–H and O–H groups in total. The molecule has 140 valence electrons. The molecule has 0 aromatic heterocycles. The van der Waals surface area contributed by atoms with Crippen molar-refractivity contribution in [3.63, 3.8) is 0 Å². The van der Waals surface area contributed by atoms with Gasteiger partial charge in [0, 0.05) is 19.2 Å². The zero-order valence-corrected chi connectivity index (χ0v) is 14.4. The van der Waals surface area contributed by atoms with Gasteiger partial charge in [-0.15, -0.1) is 0 Å². The molecule has 0 unspecified atom stereocenters. The molecule has 2 aromatic carbocycles. The number of esters is 1. The monoisotopic (exact) mass is 374 g/mol. The van der Waals surface area contributed by atoms with Gasteiger partial charge in [0.15, 0.2) is 0 Å². The Hall–Kier alpha value is -3.29. The van der Waals surface area contributed by atoms with E-state index in [4.69, 9.17) is 0 Å². The van der Waals surface area contributed by atoms with Crippen molar-refractivity contribution in [2.75, 3.05) is 19.0 Å². The Labute approximate surface area is 153 Å². The lowest BCUT2D eigenvalue weighted by Gasteiger charge is -2.28. The Morgan fingerprint density at radius 2 is 1.78 bits per heavy atom. The lowest BCUT2D eigenvalue weighted by atomic mass is 10.00. The third-order valence-electron chi connectivity index (χ3n) is 4.32. The summed E-state index contributed by atoms with van der Waals surface area (Å²) in [6.07, 6.45) is 0.604. The number of amides is 2. The first kappa shape index (κ1) is 18.5. The third kappa shape index (κ3) is 3.79. The van der Waals surface area contributed by atoms with E-state index in [2.05, 4.69) is 10.1 Å². The van der Waals surface area contributed by atoms with Crippen LogP contribution in [0.25, 0.3) is 0 Å². The molecule has 0 saturated heterocycles. The van der Waals surface area contributed by atoms with Crippen LogP contribution in [0.3, 0.4) is 0 Å². The minimum Gasteiger partial charge on any atom is -0.465 e. The molecular weight excluding hydrogens is 358 g/mol. The lowest BCUT2D eigenvalue weighted by Crippen LogP contribution is -2.42. The molecule has 0 bridgehead atoms. The molecule has 1 heterocycles. The van der Waals surface area contributed by atoms with Crippen molar-refractivity contribution in [1.82, 2.24) is 4.90 Å².